The molecule has 2 aliphatic rings. The standard InChI is InChI=1S/C17H19F2N5O/c1-9-7-13(14(18)19)24-17(20-9)22-15(23-24)16(25)21-12-6-5-10-3-2-4-11(10)8-12/h5-6,8-9,13-14H,2-4,7H2,1H3,(H,21,25)(H,20,22,23)/t9-,13+/m0/s1. The van der Waals surface area contributed by atoms with Gasteiger partial charge in [-0.15, -0.1) is 5.10 Å². The number of carbonyl (C=O) groups is 1. The van der Waals surface area contributed by atoms with Gasteiger partial charge >= 0.3 is 0 Å². The Kier molecular flexibility index (Phi) is 3.89. The zero-order chi connectivity index (χ0) is 17.6. The first-order valence-corrected chi connectivity index (χ1v) is 8.45. The van der Waals surface area contributed by atoms with E-state index in [1.54, 1.807) is 6.92 Å². The molecule has 2 atom stereocenters. The normalized spacial score (nSPS) is 21.6. The van der Waals surface area contributed by atoms with Crippen LogP contribution >= 0.6 is 0 Å². The molecule has 0 bridgehead atoms. The van der Waals surface area contributed by atoms with Gasteiger partial charge in [0.1, 0.15) is 6.04 Å². The molecule has 2 aromatic rings. The largest absolute Gasteiger partial charge is 0.352 e. The van der Waals surface area contributed by atoms with Gasteiger partial charge < -0.3 is 10.6 Å². The average Bonchev–Trinajstić information content (AvgIpc) is 3.19. The monoisotopic (exact) mass is 347 g/mol. The molecule has 1 amide bonds. The van der Waals surface area contributed by atoms with Crippen molar-refractivity contribution in [2.45, 2.75) is 51.1 Å². The van der Waals surface area contributed by atoms with Crippen molar-refractivity contribution in [3.05, 3.63) is 35.2 Å². The Bertz CT molecular complexity index is 819. The second-order valence-electron chi connectivity index (χ2n) is 6.68. The topological polar surface area (TPSA) is 71.8 Å². The van der Waals surface area contributed by atoms with Crippen LogP contribution in [0.15, 0.2) is 18.2 Å². The molecule has 1 aliphatic carbocycles. The maximum Gasteiger partial charge on any atom is 0.295 e. The number of hydrogen-bond donors (Lipinski definition) is 2. The van der Waals surface area contributed by atoms with E-state index >= 15 is 0 Å². The molecule has 8 heteroatoms. The molecule has 2 heterocycles. The van der Waals surface area contributed by atoms with E-state index in [1.807, 2.05) is 18.2 Å². The molecule has 132 valence electrons. The smallest absolute Gasteiger partial charge is 0.295 e. The third-order valence-electron chi connectivity index (χ3n) is 4.77. The first kappa shape index (κ1) is 16.0. The molecule has 0 radical (unpaired) electrons. The summed E-state index contributed by atoms with van der Waals surface area (Å²) >= 11 is 0. The van der Waals surface area contributed by atoms with Gasteiger partial charge in [-0.1, -0.05) is 6.07 Å². The SMILES string of the molecule is C[C@H]1C[C@H](C(F)F)n2nc(C(=O)Nc3ccc4c(c3)CCC4)nc2N1. The van der Waals surface area contributed by atoms with Gasteiger partial charge in [-0.2, -0.15) is 4.98 Å². The van der Waals surface area contributed by atoms with E-state index < -0.39 is 18.4 Å². The van der Waals surface area contributed by atoms with Crippen LogP contribution in [-0.4, -0.2) is 33.1 Å². The van der Waals surface area contributed by atoms with Crippen LogP contribution in [-0.2, 0) is 12.8 Å². The van der Waals surface area contributed by atoms with E-state index in [0.29, 0.717) is 5.69 Å². The number of amides is 1. The summed E-state index contributed by atoms with van der Waals surface area (Å²) in [7, 11) is 0. The van der Waals surface area contributed by atoms with Gasteiger partial charge in [-0.3, -0.25) is 4.79 Å². The number of benzene rings is 1. The van der Waals surface area contributed by atoms with E-state index in [-0.39, 0.29) is 24.2 Å². The predicted molar refractivity (Wildman–Crippen MR) is 89.2 cm³/mol. The van der Waals surface area contributed by atoms with Crippen molar-refractivity contribution in [3.63, 3.8) is 0 Å². The second kappa shape index (κ2) is 6.09. The summed E-state index contributed by atoms with van der Waals surface area (Å²) in [4.78, 5) is 16.5. The van der Waals surface area contributed by atoms with Crippen molar-refractivity contribution in [3.8, 4) is 0 Å². The molecule has 0 saturated carbocycles. The lowest BCUT2D eigenvalue weighted by Gasteiger charge is -2.28. The summed E-state index contributed by atoms with van der Waals surface area (Å²) < 4.78 is 27.6. The molecule has 1 aliphatic heterocycles. The first-order valence-electron chi connectivity index (χ1n) is 8.45. The zero-order valence-electron chi connectivity index (χ0n) is 13.8. The Morgan fingerprint density at radius 1 is 1.36 bits per heavy atom. The lowest BCUT2D eigenvalue weighted by Crippen LogP contribution is -2.33. The molecule has 1 aromatic heterocycles. The number of carbonyl (C=O) groups excluding carboxylic acids is 1. The fourth-order valence-corrected chi connectivity index (χ4v) is 3.54. The maximum absolute atomic E-state index is 13.2. The Balaban J connectivity index is 1.56. The van der Waals surface area contributed by atoms with Crippen LogP contribution in [0.3, 0.4) is 0 Å². The van der Waals surface area contributed by atoms with Crippen molar-refractivity contribution in [1.82, 2.24) is 14.8 Å². The Labute approximate surface area is 143 Å². The number of rotatable bonds is 3. The number of aromatic nitrogens is 3. The minimum absolute atomic E-state index is 0.109. The summed E-state index contributed by atoms with van der Waals surface area (Å²) in [6.45, 7) is 1.80. The Morgan fingerprint density at radius 3 is 2.96 bits per heavy atom. The first-order chi connectivity index (χ1) is 12.0. The fourth-order valence-electron chi connectivity index (χ4n) is 3.54. The van der Waals surface area contributed by atoms with E-state index in [1.165, 1.54) is 11.1 Å². The molecule has 0 unspecified atom stereocenters. The second-order valence-corrected chi connectivity index (χ2v) is 6.68. The maximum atomic E-state index is 13.2. The van der Waals surface area contributed by atoms with Crippen molar-refractivity contribution >= 4 is 17.5 Å². The van der Waals surface area contributed by atoms with E-state index in [0.717, 1.165) is 23.9 Å². The van der Waals surface area contributed by atoms with Gasteiger partial charge in [0.25, 0.3) is 12.3 Å². The van der Waals surface area contributed by atoms with Crippen molar-refractivity contribution in [1.29, 1.82) is 0 Å². The number of nitrogens with zero attached hydrogens (tertiary/aromatic N) is 3. The van der Waals surface area contributed by atoms with Gasteiger partial charge in [0.05, 0.1) is 0 Å². The van der Waals surface area contributed by atoms with Gasteiger partial charge in [0, 0.05) is 11.7 Å². The van der Waals surface area contributed by atoms with Crippen LogP contribution in [0.5, 0.6) is 0 Å². The highest BCUT2D eigenvalue weighted by atomic mass is 19.3. The van der Waals surface area contributed by atoms with Crippen LogP contribution in [0.1, 0.15) is 47.6 Å². The summed E-state index contributed by atoms with van der Waals surface area (Å²) in [5.74, 6) is -0.395. The van der Waals surface area contributed by atoms with Crippen LogP contribution in [0.25, 0.3) is 0 Å². The third-order valence-corrected chi connectivity index (χ3v) is 4.77. The summed E-state index contributed by atoms with van der Waals surface area (Å²) in [6.07, 6.45) is 0.879. The van der Waals surface area contributed by atoms with Crippen LogP contribution in [0.2, 0.25) is 0 Å². The van der Waals surface area contributed by atoms with Crippen molar-refractivity contribution < 1.29 is 13.6 Å². The summed E-state index contributed by atoms with van der Waals surface area (Å²) in [5, 5.41) is 9.76. The minimum atomic E-state index is -2.56. The summed E-state index contributed by atoms with van der Waals surface area (Å²) in [5.41, 5.74) is 3.22. The minimum Gasteiger partial charge on any atom is -0.352 e. The highest BCUT2D eigenvalue weighted by Gasteiger charge is 2.34. The highest BCUT2D eigenvalue weighted by Crippen LogP contribution is 2.30. The molecule has 4 rings (SSSR count). The average molecular weight is 347 g/mol. The molecule has 0 saturated heterocycles. The number of nitrogens with one attached hydrogen (secondary N) is 2. The number of halogens is 2. The molecule has 2 N–H and O–H groups in total. The number of hydrogen-bond acceptors (Lipinski definition) is 4. The molecule has 6 nitrogen and oxygen atoms in total. The lowest BCUT2D eigenvalue weighted by atomic mass is 10.1. The Hall–Kier alpha value is -2.51. The lowest BCUT2D eigenvalue weighted by molar-refractivity contribution is 0.0662. The fraction of sp³-hybridized carbons (Fsp3) is 0.471. The van der Waals surface area contributed by atoms with Crippen LogP contribution in [0.4, 0.5) is 20.4 Å². The molecule has 0 fully saturated rings. The summed E-state index contributed by atoms with van der Waals surface area (Å²) in [6, 6.07) is 4.60. The predicted octanol–water partition coefficient (Wildman–Crippen LogP) is 3.03. The van der Waals surface area contributed by atoms with Crippen molar-refractivity contribution in [2.24, 2.45) is 0 Å². The number of anilines is 2. The zero-order valence-corrected chi connectivity index (χ0v) is 13.8. The molecule has 0 spiro atoms. The van der Waals surface area contributed by atoms with E-state index in [9.17, 15) is 13.6 Å². The van der Waals surface area contributed by atoms with Gasteiger partial charge in [0.2, 0.25) is 11.8 Å². The van der Waals surface area contributed by atoms with Crippen LogP contribution in [0, 0.1) is 0 Å². The number of alkyl halides is 2. The number of aryl methyl sites for hydroxylation is 2. The van der Waals surface area contributed by atoms with Crippen molar-refractivity contribution in [2.75, 3.05) is 10.6 Å². The van der Waals surface area contributed by atoms with Gasteiger partial charge in [-0.25, -0.2) is 13.5 Å². The van der Waals surface area contributed by atoms with Crippen LogP contribution < -0.4 is 10.6 Å². The molecule has 1 aromatic carbocycles. The number of fused-ring (bicyclic) bond motifs is 2. The molecular formula is C17H19F2N5O. The van der Waals surface area contributed by atoms with Gasteiger partial charge in [0.15, 0.2) is 0 Å². The van der Waals surface area contributed by atoms with E-state index in [2.05, 4.69) is 20.7 Å². The Morgan fingerprint density at radius 2 is 2.16 bits per heavy atom. The molecule has 25 heavy (non-hydrogen) atoms. The van der Waals surface area contributed by atoms with E-state index in [4.69, 9.17) is 0 Å². The highest BCUT2D eigenvalue weighted by molar-refractivity contribution is 6.01. The quantitative estimate of drug-likeness (QED) is 0.895. The third kappa shape index (κ3) is 2.96. The van der Waals surface area contributed by atoms with Gasteiger partial charge in [-0.05, 0) is 55.9 Å². The molecular weight excluding hydrogens is 328 g/mol.